The topological polar surface area (TPSA) is 74.6 Å². The van der Waals surface area contributed by atoms with Crippen LogP contribution in [0.15, 0.2) is 24.3 Å². The second-order valence-corrected chi connectivity index (χ2v) is 5.31. The van der Waals surface area contributed by atoms with Gasteiger partial charge in [0, 0.05) is 12.8 Å². The maximum absolute atomic E-state index is 11.9. The molecule has 4 heteroatoms. The van der Waals surface area contributed by atoms with E-state index in [0.29, 0.717) is 12.0 Å². The summed E-state index contributed by atoms with van der Waals surface area (Å²) in [6.07, 6.45) is 7.49. The van der Waals surface area contributed by atoms with Crippen LogP contribution in [-0.2, 0) is 4.79 Å². The second-order valence-electron chi connectivity index (χ2n) is 5.31. The van der Waals surface area contributed by atoms with Gasteiger partial charge >= 0.3 is 5.97 Å². The zero-order valence-electron chi connectivity index (χ0n) is 12.4. The Bertz CT molecular complexity index is 454. The van der Waals surface area contributed by atoms with Crippen LogP contribution in [-0.4, -0.2) is 22.0 Å². The number of Topliss-reactive ketones (excluding diaryl/α,β-unsaturated/α-hetero) is 1. The van der Waals surface area contributed by atoms with Crippen LogP contribution in [0.25, 0.3) is 0 Å². The van der Waals surface area contributed by atoms with E-state index in [-0.39, 0.29) is 18.0 Å². The predicted octanol–water partition coefficient (Wildman–Crippen LogP) is 4.17. The molecule has 0 aliphatic rings. The molecule has 0 unspecified atom stereocenters. The fraction of sp³-hybridized carbons (Fsp3) is 0.529. The van der Waals surface area contributed by atoms with Crippen LogP contribution in [0.4, 0.5) is 0 Å². The van der Waals surface area contributed by atoms with Gasteiger partial charge < -0.3 is 10.2 Å². The number of carboxylic acid groups (broad SMARTS) is 1. The lowest BCUT2D eigenvalue weighted by Crippen LogP contribution is -1.99. The molecule has 0 saturated carbocycles. The number of ketones is 1. The van der Waals surface area contributed by atoms with Gasteiger partial charge in [0.05, 0.1) is 5.56 Å². The Kier molecular flexibility index (Phi) is 8.17. The number of aliphatic carboxylic acids is 1. The van der Waals surface area contributed by atoms with Crippen LogP contribution < -0.4 is 0 Å². The van der Waals surface area contributed by atoms with E-state index >= 15 is 0 Å². The normalized spacial score (nSPS) is 10.5. The molecule has 2 N–H and O–H groups in total. The highest BCUT2D eigenvalue weighted by atomic mass is 16.4. The summed E-state index contributed by atoms with van der Waals surface area (Å²) in [6, 6.07) is 6.64. The maximum atomic E-state index is 11.9. The number of carbonyl (C=O) groups is 2. The summed E-state index contributed by atoms with van der Waals surface area (Å²) in [4.78, 5) is 22.2. The van der Waals surface area contributed by atoms with Crippen LogP contribution in [0.1, 0.15) is 68.1 Å². The van der Waals surface area contributed by atoms with E-state index in [1.54, 1.807) is 18.2 Å². The van der Waals surface area contributed by atoms with Crippen molar-refractivity contribution >= 4 is 11.8 Å². The minimum Gasteiger partial charge on any atom is -0.507 e. The lowest BCUT2D eigenvalue weighted by atomic mass is 10.0. The molecule has 0 saturated heterocycles. The van der Waals surface area contributed by atoms with Crippen molar-refractivity contribution in [3.8, 4) is 5.75 Å². The van der Waals surface area contributed by atoms with Crippen molar-refractivity contribution < 1.29 is 19.8 Å². The quantitative estimate of drug-likeness (QED) is 0.474. The number of hydrogen-bond donors (Lipinski definition) is 2. The number of phenolic OH excluding ortho intramolecular Hbond substituents is 1. The van der Waals surface area contributed by atoms with Gasteiger partial charge in [0.1, 0.15) is 5.75 Å². The van der Waals surface area contributed by atoms with Gasteiger partial charge in [0.25, 0.3) is 0 Å². The molecular formula is C17H24O4. The summed E-state index contributed by atoms with van der Waals surface area (Å²) in [5.74, 6) is -0.673. The number of aromatic hydroxyl groups is 1. The fourth-order valence-corrected chi connectivity index (χ4v) is 2.29. The van der Waals surface area contributed by atoms with Crippen molar-refractivity contribution in [2.45, 2.75) is 57.8 Å². The Morgan fingerprint density at radius 2 is 1.33 bits per heavy atom. The third-order valence-corrected chi connectivity index (χ3v) is 3.50. The monoisotopic (exact) mass is 292 g/mol. The summed E-state index contributed by atoms with van der Waals surface area (Å²) in [6.45, 7) is 0. The van der Waals surface area contributed by atoms with Crippen LogP contribution in [0, 0.1) is 0 Å². The second kappa shape index (κ2) is 9.97. The Morgan fingerprint density at radius 3 is 1.90 bits per heavy atom. The SMILES string of the molecule is O=C(O)CCCCCCCCCC(=O)c1ccccc1O. The summed E-state index contributed by atoms with van der Waals surface area (Å²) >= 11 is 0. The molecule has 1 rings (SSSR count). The molecule has 116 valence electrons. The lowest BCUT2D eigenvalue weighted by Gasteiger charge is -2.04. The average molecular weight is 292 g/mol. The molecular weight excluding hydrogens is 268 g/mol. The number of carbonyl (C=O) groups excluding carboxylic acids is 1. The van der Waals surface area contributed by atoms with Crippen molar-refractivity contribution in [3.05, 3.63) is 29.8 Å². The third kappa shape index (κ3) is 7.49. The van der Waals surface area contributed by atoms with Gasteiger partial charge in [-0.2, -0.15) is 0 Å². The van der Waals surface area contributed by atoms with Crippen molar-refractivity contribution in [1.29, 1.82) is 0 Å². The van der Waals surface area contributed by atoms with Gasteiger partial charge in [0.2, 0.25) is 0 Å². The van der Waals surface area contributed by atoms with Crippen LogP contribution in [0.5, 0.6) is 5.75 Å². The number of unbranched alkanes of at least 4 members (excludes halogenated alkanes) is 6. The number of rotatable bonds is 11. The van der Waals surface area contributed by atoms with E-state index in [9.17, 15) is 14.7 Å². The van der Waals surface area contributed by atoms with Crippen LogP contribution in [0.2, 0.25) is 0 Å². The zero-order valence-corrected chi connectivity index (χ0v) is 12.4. The summed E-state index contributed by atoms with van der Waals surface area (Å²) in [7, 11) is 0. The molecule has 0 aromatic heterocycles. The molecule has 0 heterocycles. The zero-order chi connectivity index (χ0) is 15.5. The Hall–Kier alpha value is -1.84. The summed E-state index contributed by atoms with van der Waals surface area (Å²) in [5.41, 5.74) is 0.408. The first kappa shape index (κ1) is 17.2. The molecule has 0 aliphatic carbocycles. The average Bonchev–Trinajstić information content (AvgIpc) is 2.45. The van der Waals surface area contributed by atoms with E-state index in [0.717, 1.165) is 44.9 Å². The first-order valence-electron chi connectivity index (χ1n) is 7.64. The molecule has 0 radical (unpaired) electrons. The van der Waals surface area contributed by atoms with Gasteiger partial charge in [-0.1, -0.05) is 44.2 Å². The largest absolute Gasteiger partial charge is 0.507 e. The minimum atomic E-state index is -0.724. The molecule has 1 aromatic rings. The number of carboxylic acids is 1. The number of phenols is 1. The van der Waals surface area contributed by atoms with E-state index in [1.165, 1.54) is 6.07 Å². The van der Waals surface area contributed by atoms with E-state index in [4.69, 9.17) is 5.11 Å². The van der Waals surface area contributed by atoms with Crippen molar-refractivity contribution in [1.82, 2.24) is 0 Å². The van der Waals surface area contributed by atoms with Crippen molar-refractivity contribution in [2.24, 2.45) is 0 Å². The molecule has 0 atom stereocenters. The van der Waals surface area contributed by atoms with Crippen molar-refractivity contribution in [2.75, 3.05) is 0 Å². The molecule has 0 amide bonds. The lowest BCUT2D eigenvalue weighted by molar-refractivity contribution is -0.137. The molecule has 0 spiro atoms. The Morgan fingerprint density at radius 1 is 0.810 bits per heavy atom. The predicted molar refractivity (Wildman–Crippen MR) is 81.6 cm³/mol. The molecule has 0 fully saturated rings. The first-order chi connectivity index (χ1) is 10.1. The van der Waals surface area contributed by atoms with Crippen LogP contribution in [0.3, 0.4) is 0 Å². The van der Waals surface area contributed by atoms with Gasteiger partial charge in [-0.25, -0.2) is 0 Å². The fourth-order valence-electron chi connectivity index (χ4n) is 2.29. The van der Waals surface area contributed by atoms with Crippen molar-refractivity contribution in [3.63, 3.8) is 0 Å². The van der Waals surface area contributed by atoms with E-state index in [2.05, 4.69) is 0 Å². The highest BCUT2D eigenvalue weighted by Crippen LogP contribution is 2.19. The van der Waals surface area contributed by atoms with Gasteiger partial charge in [-0.15, -0.1) is 0 Å². The molecule has 0 bridgehead atoms. The smallest absolute Gasteiger partial charge is 0.303 e. The summed E-state index contributed by atoms with van der Waals surface area (Å²) in [5, 5.41) is 18.1. The molecule has 0 aliphatic heterocycles. The van der Waals surface area contributed by atoms with Gasteiger partial charge in [-0.3, -0.25) is 9.59 Å². The molecule has 21 heavy (non-hydrogen) atoms. The standard InChI is InChI=1S/C17H24O4/c18-15(14-10-8-9-12-16(14)19)11-6-4-2-1-3-5-7-13-17(20)21/h8-10,12,19H,1-7,11,13H2,(H,20,21). The number of para-hydroxylation sites is 1. The first-order valence-corrected chi connectivity index (χ1v) is 7.64. The van der Waals surface area contributed by atoms with E-state index in [1.807, 2.05) is 0 Å². The highest BCUT2D eigenvalue weighted by Gasteiger charge is 2.09. The summed E-state index contributed by atoms with van der Waals surface area (Å²) < 4.78 is 0. The molecule has 4 nitrogen and oxygen atoms in total. The van der Waals surface area contributed by atoms with Gasteiger partial charge in [-0.05, 0) is 25.0 Å². The molecule has 1 aromatic carbocycles. The number of hydrogen-bond acceptors (Lipinski definition) is 3. The van der Waals surface area contributed by atoms with E-state index < -0.39 is 5.97 Å². The Labute approximate surface area is 125 Å². The third-order valence-electron chi connectivity index (χ3n) is 3.50. The highest BCUT2D eigenvalue weighted by molar-refractivity contribution is 5.98. The number of benzene rings is 1. The Balaban J connectivity index is 2.03. The van der Waals surface area contributed by atoms with Gasteiger partial charge in [0.15, 0.2) is 5.78 Å². The van der Waals surface area contributed by atoms with Crippen LogP contribution >= 0.6 is 0 Å². The maximum Gasteiger partial charge on any atom is 0.303 e. The minimum absolute atomic E-state index is 0.00504.